The van der Waals surface area contributed by atoms with Crippen LogP contribution in [0, 0.1) is 18.3 Å². The van der Waals surface area contributed by atoms with Crippen molar-refractivity contribution >= 4 is 5.97 Å². The summed E-state index contributed by atoms with van der Waals surface area (Å²) in [4.78, 5) is 11.1. The maximum absolute atomic E-state index is 11.1. The fourth-order valence-electron chi connectivity index (χ4n) is 2.27. The molecule has 1 atom stereocenters. The Labute approximate surface area is 91.3 Å². The van der Waals surface area contributed by atoms with Gasteiger partial charge in [0.25, 0.3) is 0 Å². The number of carbonyl (C=O) groups is 1. The van der Waals surface area contributed by atoms with Gasteiger partial charge in [0, 0.05) is 0 Å². The highest BCUT2D eigenvalue weighted by Crippen LogP contribution is 2.25. The first-order valence-corrected chi connectivity index (χ1v) is 5.65. The second-order valence-electron chi connectivity index (χ2n) is 4.15. The summed E-state index contributed by atoms with van der Waals surface area (Å²) in [7, 11) is 0. The average molecular weight is 209 g/mol. The summed E-state index contributed by atoms with van der Waals surface area (Å²) in [5.41, 5.74) is 0. The van der Waals surface area contributed by atoms with Crippen molar-refractivity contribution in [2.45, 2.75) is 44.6 Å². The van der Waals surface area contributed by atoms with Gasteiger partial charge in [-0.05, 0) is 18.8 Å². The summed E-state index contributed by atoms with van der Waals surface area (Å²) in [6.07, 6.45) is 11.9. The molecule has 3 nitrogen and oxygen atoms in total. The molecule has 0 aliphatic heterocycles. The molecule has 1 unspecified atom stereocenters. The second-order valence-corrected chi connectivity index (χ2v) is 4.15. The molecule has 0 spiro atoms. The zero-order valence-electron chi connectivity index (χ0n) is 9.04. The van der Waals surface area contributed by atoms with Crippen LogP contribution in [0.5, 0.6) is 0 Å². The number of rotatable bonds is 4. The Morgan fingerprint density at radius 1 is 1.40 bits per heavy atom. The first kappa shape index (κ1) is 12.1. The van der Waals surface area contributed by atoms with Gasteiger partial charge in [-0.15, -0.1) is 6.42 Å². The fourth-order valence-corrected chi connectivity index (χ4v) is 2.27. The quantitative estimate of drug-likeness (QED) is 0.546. The Balaban J connectivity index is 2.52. The van der Waals surface area contributed by atoms with E-state index < -0.39 is 12.0 Å². The van der Waals surface area contributed by atoms with E-state index in [0.29, 0.717) is 6.54 Å². The number of carboxylic acid groups (broad SMARTS) is 1. The molecule has 1 aliphatic carbocycles. The summed E-state index contributed by atoms with van der Waals surface area (Å²) in [5.74, 6) is 1.92. The van der Waals surface area contributed by atoms with Crippen LogP contribution >= 0.6 is 0 Å². The fraction of sp³-hybridized carbons (Fsp3) is 0.750. The molecule has 1 fully saturated rings. The number of hydrogen-bond acceptors (Lipinski definition) is 2. The molecule has 2 N–H and O–H groups in total. The van der Waals surface area contributed by atoms with Gasteiger partial charge < -0.3 is 5.11 Å². The van der Waals surface area contributed by atoms with E-state index in [1.165, 1.54) is 12.8 Å². The van der Waals surface area contributed by atoms with Crippen LogP contribution in [0.2, 0.25) is 0 Å². The molecule has 0 aromatic rings. The summed E-state index contributed by atoms with van der Waals surface area (Å²) < 4.78 is 0. The number of carboxylic acids is 1. The minimum atomic E-state index is -0.767. The molecular weight excluding hydrogens is 190 g/mol. The van der Waals surface area contributed by atoms with Gasteiger partial charge in [-0.2, -0.15) is 0 Å². The molecule has 3 heteroatoms. The lowest BCUT2D eigenvalue weighted by Gasteiger charge is -2.22. The molecule has 0 bridgehead atoms. The van der Waals surface area contributed by atoms with Crippen LogP contribution in [0.3, 0.4) is 0 Å². The maximum Gasteiger partial charge on any atom is 0.321 e. The van der Waals surface area contributed by atoms with Gasteiger partial charge in [-0.3, -0.25) is 10.1 Å². The smallest absolute Gasteiger partial charge is 0.321 e. The van der Waals surface area contributed by atoms with Crippen molar-refractivity contribution in [2.24, 2.45) is 5.92 Å². The predicted molar refractivity (Wildman–Crippen MR) is 59.5 cm³/mol. The third-order valence-corrected chi connectivity index (χ3v) is 3.06. The first-order valence-electron chi connectivity index (χ1n) is 5.65. The van der Waals surface area contributed by atoms with Crippen LogP contribution in [0.1, 0.15) is 38.5 Å². The molecule has 0 heterocycles. The van der Waals surface area contributed by atoms with Gasteiger partial charge in [-0.25, -0.2) is 0 Å². The van der Waals surface area contributed by atoms with E-state index in [4.69, 9.17) is 11.5 Å². The minimum absolute atomic E-state index is 0.248. The number of nitrogens with one attached hydrogen (secondary N) is 1. The zero-order chi connectivity index (χ0) is 11.1. The van der Waals surface area contributed by atoms with E-state index in [9.17, 15) is 4.79 Å². The molecule has 15 heavy (non-hydrogen) atoms. The predicted octanol–water partition coefficient (Wildman–Crippen LogP) is 1.63. The van der Waals surface area contributed by atoms with Crippen LogP contribution in [-0.4, -0.2) is 23.7 Å². The van der Waals surface area contributed by atoms with Gasteiger partial charge in [0.05, 0.1) is 6.54 Å². The van der Waals surface area contributed by atoms with Crippen molar-refractivity contribution in [1.29, 1.82) is 0 Å². The lowest BCUT2D eigenvalue weighted by atomic mass is 9.92. The van der Waals surface area contributed by atoms with Crippen molar-refractivity contribution in [3.63, 3.8) is 0 Å². The molecule has 0 aromatic heterocycles. The zero-order valence-corrected chi connectivity index (χ0v) is 9.04. The first-order chi connectivity index (χ1) is 7.25. The third kappa shape index (κ3) is 3.93. The van der Waals surface area contributed by atoms with Gasteiger partial charge in [0.2, 0.25) is 0 Å². The Morgan fingerprint density at radius 3 is 2.47 bits per heavy atom. The summed E-state index contributed by atoms with van der Waals surface area (Å²) in [6, 6.07) is -0.459. The van der Waals surface area contributed by atoms with Gasteiger partial charge >= 0.3 is 5.97 Å². The van der Waals surface area contributed by atoms with Crippen molar-refractivity contribution in [3.05, 3.63) is 0 Å². The van der Waals surface area contributed by atoms with Crippen LogP contribution in [0.25, 0.3) is 0 Å². The molecule has 0 amide bonds. The minimum Gasteiger partial charge on any atom is -0.480 e. The largest absolute Gasteiger partial charge is 0.480 e. The number of hydrogen-bond donors (Lipinski definition) is 2. The lowest BCUT2D eigenvalue weighted by Crippen LogP contribution is -2.43. The maximum atomic E-state index is 11.1. The highest BCUT2D eigenvalue weighted by Gasteiger charge is 2.27. The van der Waals surface area contributed by atoms with Crippen molar-refractivity contribution in [1.82, 2.24) is 5.32 Å². The van der Waals surface area contributed by atoms with Crippen LogP contribution in [-0.2, 0) is 4.79 Å². The lowest BCUT2D eigenvalue weighted by molar-refractivity contribution is -0.141. The Morgan fingerprint density at radius 2 is 2.00 bits per heavy atom. The van der Waals surface area contributed by atoms with Crippen molar-refractivity contribution in [3.8, 4) is 12.3 Å². The van der Waals surface area contributed by atoms with Crippen LogP contribution in [0.15, 0.2) is 0 Å². The molecule has 0 saturated heterocycles. The highest BCUT2D eigenvalue weighted by molar-refractivity contribution is 5.73. The third-order valence-electron chi connectivity index (χ3n) is 3.06. The normalized spacial score (nSPS) is 20.2. The van der Waals surface area contributed by atoms with E-state index in [1.54, 1.807) is 0 Å². The molecule has 1 rings (SSSR count). The number of aliphatic carboxylic acids is 1. The average Bonchev–Trinajstić information content (AvgIpc) is 2.47. The molecule has 0 radical (unpaired) electrons. The van der Waals surface area contributed by atoms with Gasteiger partial charge in [0.15, 0.2) is 0 Å². The van der Waals surface area contributed by atoms with E-state index in [2.05, 4.69) is 11.2 Å². The molecule has 1 aliphatic rings. The Kier molecular flexibility index (Phi) is 5.20. The molecule has 84 valence electrons. The van der Waals surface area contributed by atoms with Crippen molar-refractivity contribution < 1.29 is 9.90 Å². The standard InChI is InChI=1S/C12H19NO2/c1-2-9-13-11(12(14)15)10-7-5-3-4-6-8-10/h1,10-11,13H,3-9H2,(H,14,15). The van der Waals surface area contributed by atoms with Gasteiger partial charge in [-0.1, -0.05) is 31.6 Å². The molecule has 1 saturated carbocycles. The van der Waals surface area contributed by atoms with E-state index in [0.717, 1.165) is 25.7 Å². The summed E-state index contributed by atoms with van der Waals surface area (Å²) >= 11 is 0. The molecular formula is C12H19NO2. The van der Waals surface area contributed by atoms with Gasteiger partial charge in [0.1, 0.15) is 6.04 Å². The van der Waals surface area contributed by atoms with E-state index in [-0.39, 0.29) is 5.92 Å². The Hall–Kier alpha value is -1.01. The Bertz CT molecular complexity index is 236. The topological polar surface area (TPSA) is 49.3 Å². The van der Waals surface area contributed by atoms with E-state index >= 15 is 0 Å². The monoisotopic (exact) mass is 209 g/mol. The molecule has 0 aromatic carbocycles. The van der Waals surface area contributed by atoms with Crippen molar-refractivity contribution in [2.75, 3.05) is 6.54 Å². The summed E-state index contributed by atoms with van der Waals surface area (Å²) in [6.45, 7) is 0.341. The highest BCUT2D eigenvalue weighted by atomic mass is 16.4. The van der Waals surface area contributed by atoms with Crippen LogP contribution < -0.4 is 5.32 Å². The summed E-state index contributed by atoms with van der Waals surface area (Å²) in [5, 5.41) is 12.0. The SMILES string of the molecule is C#CCNC(C(=O)O)C1CCCCCC1. The second kappa shape index (κ2) is 6.47. The number of terminal acetylenes is 1. The van der Waals surface area contributed by atoms with Crippen LogP contribution in [0.4, 0.5) is 0 Å². The van der Waals surface area contributed by atoms with E-state index in [1.807, 2.05) is 0 Å².